The first-order valence-electron chi connectivity index (χ1n) is 9.95. The van der Waals surface area contributed by atoms with E-state index >= 15 is 0 Å². The number of hydrogen-bond donors (Lipinski definition) is 2. The molecule has 0 aliphatic carbocycles. The van der Waals surface area contributed by atoms with Crippen LogP contribution in [0.15, 0.2) is 23.1 Å². The molecule has 162 valence electrons. The second-order valence-corrected chi connectivity index (χ2v) is 8.92. The first-order chi connectivity index (χ1) is 13.8. The number of benzene rings is 1. The van der Waals surface area contributed by atoms with E-state index in [-0.39, 0.29) is 11.9 Å². The fourth-order valence-corrected chi connectivity index (χ4v) is 5.30. The minimum atomic E-state index is -1.14. The van der Waals surface area contributed by atoms with E-state index in [2.05, 4.69) is 23.6 Å². The largest absolute Gasteiger partial charge is 0.463 e. The number of aliphatic hydroxyl groups is 2. The maximum Gasteiger partial charge on any atom is 0.302 e. The smallest absolute Gasteiger partial charge is 0.302 e. The number of nitrogens with zero attached hydrogens (tertiary/aromatic N) is 2. The van der Waals surface area contributed by atoms with Gasteiger partial charge in [-0.15, -0.1) is 11.8 Å². The molecular weight excluding hydrogens is 416 g/mol. The molecule has 2 heterocycles. The maximum atomic E-state index is 11.2. The van der Waals surface area contributed by atoms with Crippen molar-refractivity contribution in [3.8, 4) is 0 Å². The van der Waals surface area contributed by atoms with Gasteiger partial charge in [-0.2, -0.15) is 0 Å². The summed E-state index contributed by atoms with van der Waals surface area (Å²) in [6, 6.07) is 5.67. The summed E-state index contributed by atoms with van der Waals surface area (Å²) in [5.41, 5.74) is 0.950. The molecule has 0 bridgehead atoms. The molecule has 5 atom stereocenters. The van der Waals surface area contributed by atoms with E-state index < -0.39 is 30.5 Å². The molecule has 0 aromatic heterocycles. The molecule has 3 rings (SSSR count). The molecule has 9 heteroatoms. The van der Waals surface area contributed by atoms with Gasteiger partial charge in [-0.25, -0.2) is 0 Å². The van der Waals surface area contributed by atoms with Gasteiger partial charge in [0.05, 0.1) is 17.0 Å². The van der Waals surface area contributed by atoms with Crippen LogP contribution in [0.3, 0.4) is 0 Å². The van der Waals surface area contributed by atoms with Crippen LogP contribution in [0.1, 0.15) is 20.8 Å². The molecular formula is C20H29ClN2O5S. The number of esters is 1. The molecule has 0 saturated carbocycles. The van der Waals surface area contributed by atoms with Gasteiger partial charge in [0.15, 0.2) is 0 Å². The summed E-state index contributed by atoms with van der Waals surface area (Å²) in [4.78, 5) is 16.6. The van der Waals surface area contributed by atoms with Gasteiger partial charge in [-0.1, -0.05) is 25.4 Å². The first-order valence-corrected chi connectivity index (χ1v) is 11.2. The Balaban J connectivity index is 1.89. The highest BCUT2D eigenvalue weighted by Gasteiger charge is 2.50. The Labute approximate surface area is 180 Å². The molecule has 2 aliphatic heterocycles. The van der Waals surface area contributed by atoms with Crippen molar-refractivity contribution < 1.29 is 24.5 Å². The zero-order valence-electron chi connectivity index (χ0n) is 17.0. The van der Waals surface area contributed by atoms with Crippen molar-refractivity contribution in [2.75, 3.05) is 37.7 Å². The van der Waals surface area contributed by atoms with E-state index in [9.17, 15) is 15.0 Å². The van der Waals surface area contributed by atoms with Crippen molar-refractivity contribution in [2.45, 2.75) is 55.5 Å². The monoisotopic (exact) mass is 444 g/mol. The average Bonchev–Trinajstić information content (AvgIpc) is 2.70. The van der Waals surface area contributed by atoms with Gasteiger partial charge in [0.1, 0.15) is 25.0 Å². The summed E-state index contributed by atoms with van der Waals surface area (Å²) < 4.78 is 11.2. The molecule has 0 unspecified atom stereocenters. The number of thioether (sulfide) groups is 1. The van der Waals surface area contributed by atoms with Gasteiger partial charge < -0.3 is 29.5 Å². The SMILES string of the molecule is CCN(CC)CCN1c2cc(Cl)ccc2S[C@H]2[C@@H](O)[C@H](O)[C@@H](COC(C)=O)O[C@H]21. The van der Waals surface area contributed by atoms with Crippen molar-refractivity contribution >= 4 is 35.0 Å². The normalized spacial score (nSPS) is 28.8. The predicted molar refractivity (Wildman–Crippen MR) is 114 cm³/mol. The minimum absolute atomic E-state index is 0.103. The topological polar surface area (TPSA) is 82.5 Å². The highest BCUT2D eigenvalue weighted by molar-refractivity contribution is 8.00. The highest BCUT2D eigenvalue weighted by Crippen LogP contribution is 2.47. The second kappa shape index (κ2) is 9.85. The molecule has 0 spiro atoms. The zero-order chi connectivity index (χ0) is 21.1. The predicted octanol–water partition coefficient (Wildman–Crippen LogP) is 1.97. The van der Waals surface area contributed by atoms with Crippen LogP contribution in [0.2, 0.25) is 5.02 Å². The molecule has 1 aromatic carbocycles. The Morgan fingerprint density at radius 2 is 2.03 bits per heavy atom. The quantitative estimate of drug-likeness (QED) is 0.618. The number of aliphatic hydroxyl groups excluding tert-OH is 2. The summed E-state index contributed by atoms with van der Waals surface area (Å²) >= 11 is 7.75. The fourth-order valence-electron chi connectivity index (χ4n) is 3.77. The number of halogens is 1. The average molecular weight is 445 g/mol. The molecule has 29 heavy (non-hydrogen) atoms. The van der Waals surface area contributed by atoms with Crippen LogP contribution in [0, 0.1) is 0 Å². The molecule has 2 aliphatic rings. The van der Waals surface area contributed by atoms with Gasteiger partial charge in [-0.05, 0) is 31.3 Å². The van der Waals surface area contributed by atoms with Crippen molar-refractivity contribution in [1.82, 2.24) is 4.90 Å². The lowest BCUT2D eigenvalue weighted by Crippen LogP contribution is -2.64. The minimum Gasteiger partial charge on any atom is -0.463 e. The van der Waals surface area contributed by atoms with Crippen LogP contribution < -0.4 is 4.90 Å². The summed E-state index contributed by atoms with van der Waals surface area (Å²) in [6.45, 7) is 8.82. The van der Waals surface area contributed by atoms with Gasteiger partial charge in [-0.3, -0.25) is 4.79 Å². The van der Waals surface area contributed by atoms with Crippen molar-refractivity contribution in [2.24, 2.45) is 0 Å². The van der Waals surface area contributed by atoms with Crippen LogP contribution in [0.4, 0.5) is 5.69 Å². The number of likely N-dealkylation sites (N-methyl/N-ethyl adjacent to an activating group) is 1. The van der Waals surface area contributed by atoms with E-state index in [0.29, 0.717) is 11.6 Å². The number of rotatable bonds is 7. The Bertz CT molecular complexity index is 720. The maximum absolute atomic E-state index is 11.2. The van der Waals surface area contributed by atoms with E-state index in [1.54, 1.807) is 0 Å². The molecule has 1 aromatic rings. The third-order valence-corrected chi connectivity index (χ3v) is 7.08. The van der Waals surface area contributed by atoms with Crippen LogP contribution >= 0.6 is 23.4 Å². The summed E-state index contributed by atoms with van der Waals surface area (Å²) in [6.07, 6.45) is -3.42. The van der Waals surface area contributed by atoms with Gasteiger partial charge in [0.2, 0.25) is 0 Å². The number of hydrogen-bond acceptors (Lipinski definition) is 8. The third-order valence-electron chi connectivity index (χ3n) is 5.47. The number of carbonyl (C=O) groups is 1. The Morgan fingerprint density at radius 1 is 1.31 bits per heavy atom. The standard InChI is InChI=1S/C20H29ClN2O5S/c1-4-22(5-2)8-9-23-14-10-13(21)6-7-16(14)29-19-18(26)17(25)15(28-20(19)23)11-27-12(3)24/h6-7,10,15,17-20,25-26H,4-5,8-9,11H2,1-3H3/t15-,17-,18+,19+,20-/m1/s1. The van der Waals surface area contributed by atoms with E-state index in [4.69, 9.17) is 21.1 Å². The lowest BCUT2D eigenvalue weighted by atomic mass is 9.99. The molecule has 1 fully saturated rings. The van der Waals surface area contributed by atoms with Gasteiger partial charge in [0.25, 0.3) is 0 Å². The Morgan fingerprint density at radius 3 is 2.69 bits per heavy atom. The van der Waals surface area contributed by atoms with Crippen LogP contribution in [0.5, 0.6) is 0 Å². The van der Waals surface area contributed by atoms with Gasteiger partial charge in [0, 0.05) is 29.9 Å². The number of ether oxygens (including phenoxy) is 2. The van der Waals surface area contributed by atoms with Crippen molar-refractivity contribution in [3.63, 3.8) is 0 Å². The van der Waals surface area contributed by atoms with Crippen LogP contribution in [-0.2, 0) is 14.3 Å². The summed E-state index contributed by atoms with van der Waals surface area (Å²) in [5.74, 6) is -0.453. The molecule has 1 saturated heterocycles. The molecule has 7 nitrogen and oxygen atoms in total. The van der Waals surface area contributed by atoms with E-state index in [1.807, 2.05) is 18.2 Å². The summed E-state index contributed by atoms with van der Waals surface area (Å²) in [5, 5.41) is 21.6. The first kappa shape index (κ1) is 22.7. The lowest BCUT2D eigenvalue weighted by molar-refractivity contribution is -0.186. The zero-order valence-corrected chi connectivity index (χ0v) is 18.5. The van der Waals surface area contributed by atoms with Crippen LogP contribution in [-0.4, -0.2) is 83.7 Å². The Kier molecular flexibility index (Phi) is 7.69. The third kappa shape index (κ3) is 5.00. The Hall–Kier alpha value is -1.03. The fraction of sp³-hybridized carbons (Fsp3) is 0.650. The van der Waals surface area contributed by atoms with Crippen molar-refractivity contribution in [1.29, 1.82) is 0 Å². The van der Waals surface area contributed by atoms with Gasteiger partial charge >= 0.3 is 5.97 Å². The van der Waals surface area contributed by atoms with Crippen LogP contribution in [0.25, 0.3) is 0 Å². The number of fused-ring (bicyclic) bond motifs is 2. The van der Waals surface area contributed by atoms with E-state index in [1.165, 1.54) is 18.7 Å². The number of carbonyl (C=O) groups excluding carboxylic acids is 1. The number of anilines is 1. The summed E-state index contributed by atoms with van der Waals surface area (Å²) in [7, 11) is 0. The van der Waals surface area contributed by atoms with E-state index in [0.717, 1.165) is 30.2 Å². The highest BCUT2D eigenvalue weighted by atomic mass is 35.5. The molecule has 2 N–H and O–H groups in total. The molecule has 0 radical (unpaired) electrons. The second-order valence-electron chi connectivity index (χ2n) is 7.26. The molecule has 0 amide bonds. The lowest BCUT2D eigenvalue weighted by Gasteiger charge is -2.50. The van der Waals surface area contributed by atoms with Crippen molar-refractivity contribution in [3.05, 3.63) is 23.2 Å².